The number of carbonyl (C=O) groups excluding carboxylic acids is 1. The number of hydrogen-bond acceptors (Lipinski definition) is 3. The van der Waals surface area contributed by atoms with Crippen LogP contribution >= 0.6 is 11.3 Å². The van der Waals surface area contributed by atoms with Crippen LogP contribution in [0.15, 0.2) is 84.2 Å². The van der Waals surface area contributed by atoms with Crippen molar-refractivity contribution in [1.82, 2.24) is 10.3 Å². The first-order valence-corrected chi connectivity index (χ1v) is 10.0. The standard InChI is InChI=1S/C24H20N2OS/c1-17-10-12-20(13-11-17)23(27)25-15-18-6-5-9-21(14-18)24-26-22(16-28-24)19-7-3-2-4-8-19/h2-14,16H,15H2,1H3,(H,25,27). The molecule has 3 nitrogen and oxygen atoms in total. The van der Waals surface area contributed by atoms with Crippen molar-refractivity contribution in [3.05, 3.63) is 101 Å². The lowest BCUT2D eigenvalue weighted by molar-refractivity contribution is 0.0951. The van der Waals surface area contributed by atoms with E-state index in [2.05, 4.69) is 35.0 Å². The Balaban J connectivity index is 1.47. The normalized spacial score (nSPS) is 10.6. The van der Waals surface area contributed by atoms with Gasteiger partial charge in [0.1, 0.15) is 5.01 Å². The van der Waals surface area contributed by atoms with E-state index < -0.39 is 0 Å². The number of aromatic nitrogens is 1. The van der Waals surface area contributed by atoms with Crippen molar-refractivity contribution in [3.8, 4) is 21.8 Å². The van der Waals surface area contributed by atoms with Gasteiger partial charge in [-0.15, -0.1) is 11.3 Å². The molecule has 4 heteroatoms. The number of thiazole rings is 1. The molecule has 1 amide bonds. The quantitative estimate of drug-likeness (QED) is 0.478. The van der Waals surface area contributed by atoms with Crippen molar-refractivity contribution in [2.24, 2.45) is 0 Å². The molecule has 1 heterocycles. The summed E-state index contributed by atoms with van der Waals surface area (Å²) >= 11 is 1.63. The molecule has 3 aromatic carbocycles. The summed E-state index contributed by atoms with van der Waals surface area (Å²) in [6.45, 7) is 2.49. The van der Waals surface area contributed by atoms with Gasteiger partial charge >= 0.3 is 0 Å². The summed E-state index contributed by atoms with van der Waals surface area (Å²) in [5.41, 5.74) is 6.03. The molecule has 0 unspecified atom stereocenters. The van der Waals surface area contributed by atoms with Crippen LogP contribution in [0.2, 0.25) is 0 Å². The zero-order chi connectivity index (χ0) is 19.3. The number of carbonyl (C=O) groups is 1. The minimum absolute atomic E-state index is 0.0639. The molecular weight excluding hydrogens is 364 g/mol. The molecule has 0 aliphatic carbocycles. The first-order valence-electron chi connectivity index (χ1n) is 9.14. The molecule has 138 valence electrons. The van der Waals surface area contributed by atoms with E-state index in [1.165, 1.54) is 0 Å². The van der Waals surface area contributed by atoms with Crippen LogP contribution in [0.25, 0.3) is 21.8 Å². The molecule has 4 rings (SSSR count). The molecule has 0 saturated heterocycles. The highest BCUT2D eigenvalue weighted by molar-refractivity contribution is 7.13. The van der Waals surface area contributed by atoms with E-state index in [1.807, 2.05) is 61.5 Å². The third kappa shape index (κ3) is 4.18. The fourth-order valence-corrected chi connectivity index (χ4v) is 3.78. The molecule has 0 spiro atoms. The average Bonchev–Trinajstić information content (AvgIpc) is 3.24. The summed E-state index contributed by atoms with van der Waals surface area (Å²) in [7, 11) is 0. The molecule has 0 fully saturated rings. The maximum absolute atomic E-state index is 12.3. The first-order chi connectivity index (χ1) is 13.7. The van der Waals surface area contributed by atoms with Gasteiger partial charge in [-0.05, 0) is 30.7 Å². The van der Waals surface area contributed by atoms with Crippen LogP contribution in [0, 0.1) is 6.92 Å². The number of rotatable bonds is 5. The van der Waals surface area contributed by atoms with Crippen LogP contribution in [0.5, 0.6) is 0 Å². The van der Waals surface area contributed by atoms with Gasteiger partial charge in [0.15, 0.2) is 0 Å². The Bertz CT molecular complexity index is 1090. The second-order valence-corrected chi connectivity index (χ2v) is 7.51. The number of hydrogen-bond donors (Lipinski definition) is 1. The van der Waals surface area contributed by atoms with Crippen molar-refractivity contribution >= 4 is 17.2 Å². The Hall–Kier alpha value is -3.24. The van der Waals surface area contributed by atoms with E-state index in [1.54, 1.807) is 11.3 Å². The fourth-order valence-electron chi connectivity index (χ4n) is 2.95. The van der Waals surface area contributed by atoms with Gasteiger partial charge in [0.25, 0.3) is 5.91 Å². The highest BCUT2D eigenvalue weighted by Gasteiger charge is 2.08. The summed E-state index contributed by atoms with van der Waals surface area (Å²) < 4.78 is 0. The van der Waals surface area contributed by atoms with Gasteiger partial charge in [-0.2, -0.15) is 0 Å². The predicted molar refractivity (Wildman–Crippen MR) is 115 cm³/mol. The van der Waals surface area contributed by atoms with E-state index in [4.69, 9.17) is 4.98 Å². The Labute approximate surface area is 168 Å². The highest BCUT2D eigenvalue weighted by Crippen LogP contribution is 2.29. The van der Waals surface area contributed by atoms with Gasteiger partial charge in [-0.1, -0.05) is 66.2 Å². The van der Waals surface area contributed by atoms with Gasteiger partial charge in [0.05, 0.1) is 5.69 Å². The molecule has 0 saturated carbocycles. The maximum atomic E-state index is 12.3. The minimum atomic E-state index is -0.0639. The summed E-state index contributed by atoms with van der Waals surface area (Å²) in [4.78, 5) is 17.1. The molecule has 0 bridgehead atoms. The Morgan fingerprint density at radius 2 is 1.68 bits per heavy atom. The Kier molecular flexibility index (Phi) is 5.31. The molecule has 1 N–H and O–H groups in total. The van der Waals surface area contributed by atoms with Gasteiger partial charge in [-0.25, -0.2) is 4.98 Å². The molecule has 28 heavy (non-hydrogen) atoms. The number of nitrogens with one attached hydrogen (secondary N) is 1. The average molecular weight is 385 g/mol. The van der Waals surface area contributed by atoms with E-state index in [9.17, 15) is 4.79 Å². The van der Waals surface area contributed by atoms with Gasteiger partial charge in [0.2, 0.25) is 0 Å². The molecule has 1 aromatic heterocycles. The zero-order valence-electron chi connectivity index (χ0n) is 15.6. The fraction of sp³-hybridized carbons (Fsp3) is 0.0833. The topological polar surface area (TPSA) is 42.0 Å². The van der Waals surface area contributed by atoms with E-state index in [0.29, 0.717) is 12.1 Å². The SMILES string of the molecule is Cc1ccc(C(=O)NCc2cccc(-c3nc(-c4ccccc4)cs3)c2)cc1. The zero-order valence-corrected chi connectivity index (χ0v) is 16.4. The molecule has 4 aromatic rings. The van der Waals surface area contributed by atoms with Crippen LogP contribution in [0.3, 0.4) is 0 Å². The Morgan fingerprint density at radius 3 is 2.46 bits per heavy atom. The summed E-state index contributed by atoms with van der Waals surface area (Å²) in [5, 5.41) is 6.05. The number of amides is 1. The number of aryl methyl sites for hydroxylation is 1. The van der Waals surface area contributed by atoms with Crippen molar-refractivity contribution in [2.45, 2.75) is 13.5 Å². The largest absolute Gasteiger partial charge is 0.348 e. The first kappa shape index (κ1) is 18.1. The van der Waals surface area contributed by atoms with Crippen LogP contribution < -0.4 is 5.32 Å². The van der Waals surface area contributed by atoms with Crippen molar-refractivity contribution in [1.29, 1.82) is 0 Å². The van der Waals surface area contributed by atoms with Gasteiger partial charge < -0.3 is 5.32 Å². The predicted octanol–water partition coefficient (Wildman–Crippen LogP) is 5.72. The van der Waals surface area contributed by atoms with E-state index >= 15 is 0 Å². The monoisotopic (exact) mass is 384 g/mol. The minimum Gasteiger partial charge on any atom is -0.348 e. The second kappa shape index (κ2) is 8.19. The molecule has 0 atom stereocenters. The highest BCUT2D eigenvalue weighted by atomic mass is 32.1. The van der Waals surface area contributed by atoms with Crippen LogP contribution in [0.1, 0.15) is 21.5 Å². The van der Waals surface area contributed by atoms with E-state index in [0.717, 1.165) is 33.0 Å². The van der Waals surface area contributed by atoms with Gasteiger partial charge in [-0.3, -0.25) is 4.79 Å². The summed E-state index contributed by atoms with van der Waals surface area (Å²) in [5.74, 6) is -0.0639. The molecular formula is C24H20N2OS. The Morgan fingerprint density at radius 1 is 0.929 bits per heavy atom. The summed E-state index contributed by atoms with van der Waals surface area (Å²) in [6.07, 6.45) is 0. The number of nitrogens with zero attached hydrogens (tertiary/aromatic N) is 1. The van der Waals surface area contributed by atoms with Gasteiger partial charge in [0, 0.05) is 28.6 Å². The second-order valence-electron chi connectivity index (χ2n) is 6.65. The van der Waals surface area contributed by atoms with Crippen molar-refractivity contribution in [3.63, 3.8) is 0 Å². The van der Waals surface area contributed by atoms with Crippen LogP contribution in [0.4, 0.5) is 0 Å². The lowest BCUT2D eigenvalue weighted by atomic mass is 10.1. The number of benzene rings is 3. The lowest BCUT2D eigenvalue weighted by Gasteiger charge is -2.07. The third-order valence-electron chi connectivity index (χ3n) is 4.51. The maximum Gasteiger partial charge on any atom is 0.251 e. The lowest BCUT2D eigenvalue weighted by Crippen LogP contribution is -2.22. The van der Waals surface area contributed by atoms with Crippen LogP contribution in [-0.4, -0.2) is 10.9 Å². The van der Waals surface area contributed by atoms with Crippen molar-refractivity contribution in [2.75, 3.05) is 0 Å². The third-order valence-corrected chi connectivity index (χ3v) is 5.41. The molecule has 0 aliphatic rings. The van der Waals surface area contributed by atoms with E-state index in [-0.39, 0.29) is 5.91 Å². The summed E-state index contributed by atoms with van der Waals surface area (Å²) in [6, 6.07) is 25.9. The molecule has 0 aliphatic heterocycles. The van der Waals surface area contributed by atoms with Crippen molar-refractivity contribution < 1.29 is 4.79 Å². The smallest absolute Gasteiger partial charge is 0.251 e. The molecule has 0 radical (unpaired) electrons. The van der Waals surface area contributed by atoms with Crippen LogP contribution in [-0.2, 0) is 6.54 Å².